The number of hydrogen-bond acceptors (Lipinski definition) is 4. The van der Waals surface area contributed by atoms with Crippen LogP contribution in [0, 0.1) is 5.92 Å². The molecule has 2 heterocycles. The fourth-order valence-electron chi connectivity index (χ4n) is 1.35. The van der Waals surface area contributed by atoms with Crippen molar-refractivity contribution in [3.8, 4) is 5.88 Å². The zero-order valence-electron chi connectivity index (χ0n) is 8.00. The van der Waals surface area contributed by atoms with E-state index >= 15 is 0 Å². The van der Waals surface area contributed by atoms with Gasteiger partial charge in [-0.05, 0) is 5.92 Å². The van der Waals surface area contributed by atoms with E-state index in [2.05, 4.69) is 15.5 Å². The van der Waals surface area contributed by atoms with E-state index in [-0.39, 0.29) is 11.8 Å². The summed E-state index contributed by atoms with van der Waals surface area (Å²) in [5, 5.41) is 9.04. The highest BCUT2D eigenvalue weighted by atomic mass is 16.5. The summed E-state index contributed by atoms with van der Waals surface area (Å²) in [6.45, 7) is 3.82. The minimum Gasteiger partial charge on any atom is -0.461 e. The molecule has 1 aliphatic heterocycles. The fourth-order valence-corrected chi connectivity index (χ4v) is 1.35. The fraction of sp³-hybridized carbons (Fsp3) is 0.500. The van der Waals surface area contributed by atoms with E-state index in [4.69, 9.17) is 10.5 Å². The second-order valence-electron chi connectivity index (χ2n) is 3.59. The predicted octanol–water partition coefficient (Wildman–Crippen LogP) is 0.347. The highest BCUT2D eigenvalue weighted by Gasteiger charge is 2.32. The summed E-state index contributed by atoms with van der Waals surface area (Å²) in [5.41, 5.74) is 5.97. The SMILES string of the molecule is CC(C)C1Oc2n[nH]c(N)c2NC1=O. The first-order valence-electron chi connectivity index (χ1n) is 4.41. The first-order valence-corrected chi connectivity index (χ1v) is 4.41. The van der Waals surface area contributed by atoms with Crippen LogP contribution in [0.4, 0.5) is 11.5 Å². The number of aromatic nitrogens is 2. The van der Waals surface area contributed by atoms with Crippen molar-refractivity contribution in [3.63, 3.8) is 0 Å². The molecule has 0 bridgehead atoms. The lowest BCUT2D eigenvalue weighted by atomic mass is 10.1. The zero-order chi connectivity index (χ0) is 10.3. The molecule has 1 amide bonds. The second-order valence-corrected chi connectivity index (χ2v) is 3.59. The average molecular weight is 196 g/mol. The molecule has 0 spiro atoms. The molecule has 1 aromatic heterocycles. The Balaban J connectivity index is 2.32. The van der Waals surface area contributed by atoms with Gasteiger partial charge in [0.15, 0.2) is 6.10 Å². The highest BCUT2D eigenvalue weighted by molar-refractivity contribution is 5.99. The lowest BCUT2D eigenvalue weighted by Crippen LogP contribution is -2.40. The number of nitrogen functional groups attached to an aromatic ring is 1. The molecule has 76 valence electrons. The lowest BCUT2D eigenvalue weighted by Gasteiger charge is -2.25. The molecule has 0 radical (unpaired) electrons. The number of rotatable bonds is 1. The summed E-state index contributed by atoms with van der Waals surface area (Å²) in [5.74, 6) is 0.595. The molecule has 0 fully saturated rings. The smallest absolute Gasteiger partial charge is 0.266 e. The van der Waals surface area contributed by atoms with Gasteiger partial charge in [-0.25, -0.2) is 0 Å². The summed E-state index contributed by atoms with van der Waals surface area (Å²) in [7, 11) is 0. The number of nitrogens with one attached hydrogen (secondary N) is 2. The van der Waals surface area contributed by atoms with Crippen LogP contribution in [0.1, 0.15) is 13.8 Å². The van der Waals surface area contributed by atoms with Gasteiger partial charge in [-0.15, -0.1) is 5.10 Å². The third-order valence-corrected chi connectivity index (χ3v) is 2.11. The maximum Gasteiger partial charge on any atom is 0.266 e. The minimum absolute atomic E-state index is 0.0982. The van der Waals surface area contributed by atoms with Crippen LogP contribution >= 0.6 is 0 Å². The van der Waals surface area contributed by atoms with Gasteiger partial charge in [0, 0.05) is 0 Å². The normalized spacial score (nSPS) is 20.2. The Bertz CT molecular complexity index is 371. The third kappa shape index (κ3) is 1.19. The second kappa shape index (κ2) is 2.90. The largest absolute Gasteiger partial charge is 0.461 e. The number of carbonyl (C=O) groups excluding carboxylic acids is 1. The number of amides is 1. The summed E-state index contributed by atoms with van der Waals surface area (Å²) in [4.78, 5) is 11.5. The van der Waals surface area contributed by atoms with Crippen molar-refractivity contribution >= 4 is 17.4 Å². The number of fused-ring (bicyclic) bond motifs is 1. The molecular formula is C8H12N4O2. The Hall–Kier alpha value is -1.72. The van der Waals surface area contributed by atoms with E-state index in [1.807, 2.05) is 13.8 Å². The van der Waals surface area contributed by atoms with E-state index < -0.39 is 6.10 Å². The number of nitrogens with two attached hydrogens (primary N) is 1. The Kier molecular flexibility index (Phi) is 1.83. The Morgan fingerprint density at radius 3 is 2.93 bits per heavy atom. The highest BCUT2D eigenvalue weighted by Crippen LogP contribution is 2.33. The lowest BCUT2D eigenvalue weighted by molar-refractivity contribution is -0.125. The van der Waals surface area contributed by atoms with Crippen molar-refractivity contribution in [2.24, 2.45) is 5.92 Å². The van der Waals surface area contributed by atoms with Gasteiger partial charge >= 0.3 is 0 Å². The minimum atomic E-state index is -0.495. The van der Waals surface area contributed by atoms with Crippen molar-refractivity contribution in [2.75, 3.05) is 11.1 Å². The van der Waals surface area contributed by atoms with Gasteiger partial charge in [0.25, 0.3) is 11.8 Å². The standard InChI is InChI=1S/C8H12N4O2/c1-3(2)5-7(13)10-4-6(9)11-12-8(4)14-5/h3,5H,1-2H3,(H,10,13)(H3,9,11,12). The van der Waals surface area contributed by atoms with Crippen LogP contribution in [0.25, 0.3) is 0 Å². The maximum atomic E-state index is 11.5. The van der Waals surface area contributed by atoms with Crippen molar-refractivity contribution < 1.29 is 9.53 Å². The van der Waals surface area contributed by atoms with Crippen molar-refractivity contribution in [1.29, 1.82) is 0 Å². The summed E-state index contributed by atoms with van der Waals surface area (Å²) in [6.07, 6.45) is -0.495. The van der Waals surface area contributed by atoms with Crippen LogP contribution in [0.2, 0.25) is 0 Å². The molecule has 0 saturated heterocycles. The first kappa shape index (κ1) is 8.86. The van der Waals surface area contributed by atoms with Crippen LogP contribution < -0.4 is 15.8 Å². The molecule has 6 nitrogen and oxygen atoms in total. The van der Waals surface area contributed by atoms with E-state index in [0.29, 0.717) is 17.4 Å². The first-order chi connectivity index (χ1) is 6.59. The van der Waals surface area contributed by atoms with E-state index in [0.717, 1.165) is 0 Å². The molecule has 1 aromatic rings. The van der Waals surface area contributed by atoms with Gasteiger partial charge in [0.2, 0.25) is 0 Å². The van der Waals surface area contributed by atoms with Crippen LogP contribution in [0.5, 0.6) is 5.88 Å². The molecule has 1 unspecified atom stereocenters. The van der Waals surface area contributed by atoms with Gasteiger partial charge in [0.05, 0.1) is 0 Å². The van der Waals surface area contributed by atoms with E-state index in [1.165, 1.54) is 0 Å². The van der Waals surface area contributed by atoms with Gasteiger partial charge in [-0.3, -0.25) is 9.89 Å². The number of anilines is 2. The molecule has 4 N–H and O–H groups in total. The Morgan fingerprint density at radius 1 is 1.57 bits per heavy atom. The van der Waals surface area contributed by atoms with Gasteiger partial charge in [-0.2, -0.15) is 0 Å². The maximum absolute atomic E-state index is 11.5. The quantitative estimate of drug-likeness (QED) is 0.604. The molecule has 1 atom stereocenters. The van der Waals surface area contributed by atoms with E-state index in [9.17, 15) is 4.79 Å². The van der Waals surface area contributed by atoms with Gasteiger partial charge < -0.3 is 15.8 Å². The van der Waals surface area contributed by atoms with Crippen LogP contribution in [0.3, 0.4) is 0 Å². The number of H-pyrrole nitrogens is 1. The molecule has 1 aliphatic rings. The van der Waals surface area contributed by atoms with Gasteiger partial charge in [0.1, 0.15) is 11.5 Å². The molecule has 6 heteroatoms. The van der Waals surface area contributed by atoms with Crippen LogP contribution in [-0.4, -0.2) is 22.2 Å². The van der Waals surface area contributed by atoms with Crippen molar-refractivity contribution in [1.82, 2.24) is 10.2 Å². The Labute approximate surface area is 80.8 Å². The summed E-state index contributed by atoms with van der Waals surface area (Å²) >= 11 is 0. The predicted molar refractivity (Wildman–Crippen MR) is 50.9 cm³/mol. The Morgan fingerprint density at radius 2 is 2.29 bits per heavy atom. The van der Waals surface area contributed by atoms with Gasteiger partial charge in [-0.1, -0.05) is 13.8 Å². The molecular weight excluding hydrogens is 184 g/mol. The number of aromatic amines is 1. The van der Waals surface area contributed by atoms with Crippen molar-refractivity contribution in [2.45, 2.75) is 20.0 Å². The van der Waals surface area contributed by atoms with Crippen molar-refractivity contribution in [3.05, 3.63) is 0 Å². The number of carbonyl (C=O) groups is 1. The monoisotopic (exact) mass is 196 g/mol. The summed E-state index contributed by atoms with van der Waals surface area (Å²) < 4.78 is 5.39. The number of ether oxygens (including phenoxy) is 1. The number of hydrogen-bond donors (Lipinski definition) is 3. The van der Waals surface area contributed by atoms with E-state index in [1.54, 1.807) is 0 Å². The molecule has 2 rings (SSSR count). The van der Waals surface area contributed by atoms with Crippen LogP contribution in [0.15, 0.2) is 0 Å². The summed E-state index contributed by atoms with van der Waals surface area (Å²) in [6, 6.07) is 0. The topological polar surface area (TPSA) is 93.0 Å². The molecule has 0 aromatic carbocycles. The molecule has 0 aliphatic carbocycles. The molecule has 14 heavy (non-hydrogen) atoms. The zero-order valence-corrected chi connectivity index (χ0v) is 8.00. The van der Waals surface area contributed by atoms with Crippen LogP contribution in [-0.2, 0) is 4.79 Å². The molecule has 0 saturated carbocycles. The third-order valence-electron chi connectivity index (χ3n) is 2.11. The number of nitrogens with zero attached hydrogens (tertiary/aromatic N) is 1. The average Bonchev–Trinajstić information content (AvgIpc) is 2.46.